The first-order valence-electron chi connectivity index (χ1n) is 12.5. The third-order valence-corrected chi connectivity index (χ3v) is 7.30. The molecule has 0 aliphatic carbocycles. The number of benzene rings is 3. The molecule has 1 fully saturated rings. The second-order valence-corrected chi connectivity index (χ2v) is 10.3. The molecule has 2 N–H and O–H groups in total. The van der Waals surface area contributed by atoms with Crippen LogP contribution in [0.15, 0.2) is 72.9 Å². The van der Waals surface area contributed by atoms with E-state index in [1.54, 1.807) is 0 Å². The van der Waals surface area contributed by atoms with E-state index in [9.17, 15) is 4.79 Å². The normalized spacial score (nSPS) is 15.1. The SMILES string of the molecule is CC(C)C(=O)Nc1cccc(C2CCN(Cc3c[nH]c4c(-c5cccc(Cl)c5)cccc34)CC2)c1. The van der Waals surface area contributed by atoms with Crippen LogP contribution >= 0.6 is 11.6 Å². The van der Waals surface area contributed by atoms with Gasteiger partial charge in [0.1, 0.15) is 0 Å². The summed E-state index contributed by atoms with van der Waals surface area (Å²) < 4.78 is 0. The smallest absolute Gasteiger partial charge is 0.226 e. The Bertz CT molecular complexity index is 1330. The molecule has 1 aliphatic rings. The van der Waals surface area contributed by atoms with Crippen LogP contribution in [0.25, 0.3) is 22.0 Å². The van der Waals surface area contributed by atoms with Gasteiger partial charge in [-0.3, -0.25) is 9.69 Å². The van der Waals surface area contributed by atoms with E-state index in [-0.39, 0.29) is 11.8 Å². The van der Waals surface area contributed by atoms with Crippen molar-refractivity contribution in [3.8, 4) is 11.1 Å². The number of anilines is 1. The molecule has 4 nitrogen and oxygen atoms in total. The number of likely N-dealkylation sites (tertiary alicyclic amines) is 1. The predicted molar refractivity (Wildman–Crippen MR) is 146 cm³/mol. The van der Waals surface area contributed by atoms with E-state index < -0.39 is 0 Å². The molecule has 35 heavy (non-hydrogen) atoms. The van der Waals surface area contributed by atoms with Gasteiger partial charge in [0.25, 0.3) is 0 Å². The highest BCUT2D eigenvalue weighted by Gasteiger charge is 2.22. The average Bonchev–Trinajstić information content (AvgIpc) is 3.27. The van der Waals surface area contributed by atoms with Crippen molar-refractivity contribution in [2.45, 2.75) is 39.2 Å². The van der Waals surface area contributed by atoms with Crippen molar-refractivity contribution in [2.75, 3.05) is 18.4 Å². The minimum atomic E-state index is -0.0204. The lowest BCUT2D eigenvalue weighted by Gasteiger charge is -2.32. The number of amides is 1. The van der Waals surface area contributed by atoms with Crippen LogP contribution in [0.5, 0.6) is 0 Å². The van der Waals surface area contributed by atoms with E-state index in [0.717, 1.165) is 48.7 Å². The van der Waals surface area contributed by atoms with Crippen LogP contribution in [0.1, 0.15) is 43.7 Å². The van der Waals surface area contributed by atoms with Crippen molar-refractivity contribution >= 4 is 34.1 Å². The number of carbonyl (C=O) groups excluding carboxylic acids is 1. The molecule has 0 spiro atoms. The molecule has 5 heteroatoms. The first kappa shape index (κ1) is 23.7. The van der Waals surface area contributed by atoms with Crippen LogP contribution in [0.2, 0.25) is 5.02 Å². The Kier molecular flexibility index (Phi) is 6.94. The molecule has 180 valence electrons. The Hall–Kier alpha value is -3.08. The van der Waals surface area contributed by atoms with Gasteiger partial charge >= 0.3 is 0 Å². The van der Waals surface area contributed by atoms with Gasteiger partial charge in [0.05, 0.1) is 5.52 Å². The number of halogens is 1. The second kappa shape index (κ2) is 10.3. The minimum Gasteiger partial charge on any atom is -0.360 e. The van der Waals surface area contributed by atoms with Crippen molar-refractivity contribution in [2.24, 2.45) is 5.92 Å². The number of nitrogens with one attached hydrogen (secondary N) is 2. The van der Waals surface area contributed by atoms with Crippen molar-refractivity contribution in [1.82, 2.24) is 9.88 Å². The first-order valence-corrected chi connectivity index (χ1v) is 12.8. The van der Waals surface area contributed by atoms with E-state index in [1.807, 2.05) is 38.1 Å². The molecule has 1 saturated heterocycles. The lowest BCUT2D eigenvalue weighted by molar-refractivity contribution is -0.118. The number of H-pyrrole nitrogens is 1. The highest BCUT2D eigenvalue weighted by molar-refractivity contribution is 6.30. The average molecular weight is 486 g/mol. The van der Waals surface area contributed by atoms with Gasteiger partial charge < -0.3 is 10.3 Å². The fourth-order valence-corrected chi connectivity index (χ4v) is 5.25. The molecule has 0 unspecified atom stereocenters. The van der Waals surface area contributed by atoms with Crippen LogP contribution in [0.4, 0.5) is 5.69 Å². The summed E-state index contributed by atoms with van der Waals surface area (Å²) in [6.45, 7) is 6.90. The molecule has 0 bridgehead atoms. The van der Waals surface area contributed by atoms with E-state index >= 15 is 0 Å². The molecule has 1 aromatic heterocycles. The number of aromatic amines is 1. The van der Waals surface area contributed by atoms with Gasteiger partial charge in [-0.1, -0.05) is 67.9 Å². The molecule has 1 amide bonds. The summed E-state index contributed by atoms with van der Waals surface area (Å²) in [5.74, 6) is 0.571. The van der Waals surface area contributed by atoms with E-state index in [0.29, 0.717) is 5.92 Å². The lowest BCUT2D eigenvalue weighted by Crippen LogP contribution is -2.32. The zero-order valence-corrected chi connectivity index (χ0v) is 21.1. The van der Waals surface area contributed by atoms with E-state index in [1.165, 1.54) is 27.6 Å². The number of piperidine rings is 1. The first-order chi connectivity index (χ1) is 17.0. The van der Waals surface area contributed by atoms with E-state index in [2.05, 4.69) is 63.9 Å². The Morgan fingerprint density at radius 2 is 1.83 bits per heavy atom. The minimum absolute atomic E-state index is 0.0204. The summed E-state index contributed by atoms with van der Waals surface area (Å²) in [5, 5.41) is 5.06. The van der Waals surface area contributed by atoms with Gasteiger partial charge in [-0.05, 0) is 72.8 Å². The summed E-state index contributed by atoms with van der Waals surface area (Å²) >= 11 is 6.24. The van der Waals surface area contributed by atoms with Crippen molar-refractivity contribution in [3.63, 3.8) is 0 Å². The second-order valence-electron chi connectivity index (χ2n) is 9.87. The van der Waals surface area contributed by atoms with E-state index in [4.69, 9.17) is 11.6 Å². The molecular weight excluding hydrogens is 454 g/mol. The Balaban J connectivity index is 1.26. The van der Waals surface area contributed by atoms with Gasteiger partial charge in [0, 0.05) is 40.3 Å². The summed E-state index contributed by atoms with van der Waals surface area (Å²) in [4.78, 5) is 18.2. The fourth-order valence-electron chi connectivity index (χ4n) is 5.06. The molecule has 0 saturated carbocycles. The molecule has 0 atom stereocenters. The third kappa shape index (κ3) is 5.29. The van der Waals surface area contributed by atoms with Gasteiger partial charge in [-0.25, -0.2) is 0 Å². The van der Waals surface area contributed by atoms with Crippen molar-refractivity contribution in [1.29, 1.82) is 0 Å². The number of fused-ring (bicyclic) bond motifs is 1. The third-order valence-electron chi connectivity index (χ3n) is 7.07. The highest BCUT2D eigenvalue weighted by Crippen LogP contribution is 2.33. The summed E-state index contributed by atoms with van der Waals surface area (Å²) in [5.41, 5.74) is 7.03. The quantitative estimate of drug-likeness (QED) is 0.297. The number of rotatable bonds is 6. The summed E-state index contributed by atoms with van der Waals surface area (Å²) in [7, 11) is 0. The Morgan fingerprint density at radius 1 is 1.06 bits per heavy atom. The summed E-state index contributed by atoms with van der Waals surface area (Å²) in [6.07, 6.45) is 4.40. The standard InChI is InChI=1S/C30H32ClN3O/c1-20(2)30(35)33-26-9-4-6-22(17-26)21-12-14-34(15-13-21)19-24-18-32-29-27(10-5-11-28(24)29)23-7-3-8-25(31)16-23/h3-11,16-18,20-21,32H,12-15,19H2,1-2H3,(H,33,35). The number of hydrogen-bond donors (Lipinski definition) is 2. The maximum absolute atomic E-state index is 12.1. The van der Waals surface area contributed by atoms with Gasteiger partial charge in [-0.2, -0.15) is 0 Å². The molecule has 1 aliphatic heterocycles. The molecule has 5 rings (SSSR count). The van der Waals surface area contributed by atoms with Crippen LogP contribution < -0.4 is 5.32 Å². The van der Waals surface area contributed by atoms with Gasteiger partial charge in [0.15, 0.2) is 0 Å². The van der Waals surface area contributed by atoms with Crippen LogP contribution in [-0.2, 0) is 11.3 Å². The maximum atomic E-state index is 12.1. The monoisotopic (exact) mass is 485 g/mol. The Labute approximate surface area is 212 Å². The van der Waals surface area contributed by atoms with Crippen molar-refractivity contribution in [3.05, 3.63) is 89.1 Å². The molecule has 3 aromatic carbocycles. The molecule has 2 heterocycles. The number of hydrogen-bond acceptors (Lipinski definition) is 2. The lowest BCUT2D eigenvalue weighted by atomic mass is 9.89. The number of carbonyl (C=O) groups is 1. The zero-order chi connectivity index (χ0) is 24.4. The fraction of sp³-hybridized carbons (Fsp3) is 0.300. The summed E-state index contributed by atoms with van der Waals surface area (Å²) in [6, 6.07) is 22.9. The maximum Gasteiger partial charge on any atom is 0.226 e. The Morgan fingerprint density at radius 3 is 2.60 bits per heavy atom. The van der Waals surface area contributed by atoms with Crippen LogP contribution in [0.3, 0.4) is 0 Å². The molecule has 4 aromatic rings. The van der Waals surface area contributed by atoms with Gasteiger partial charge in [-0.15, -0.1) is 0 Å². The predicted octanol–water partition coefficient (Wildman–Crippen LogP) is 7.46. The van der Waals surface area contributed by atoms with Crippen molar-refractivity contribution < 1.29 is 4.79 Å². The molecular formula is C30H32ClN3O. The topological polar surface area (TPSA) is 48.1 Å². The van der Waals surface area contributed by atoms with Gasteiger partial charge in [0.2, 0.25) is 5.91 Å². The number of para-hydroxylation sites is 1. The zero-order valence-electron chi connectivity index (χ0n) is 20.4. The largest absolute Gasteiger partial charge is 0.360 e. The number of nitrogens with zero attached hydrogens (tertiary/aromatic N) is 1. The van der Waals surface area contributed by atoms with Crippen LogP contribution in [-0.4, -0.2) is 28.9 Å². The number of aromatic nitrogens is 1. The highest BCUT2D eigenvalue weighted by atomic mass is 35.5. The van der Waals surface area contributed by atoms with Crippen LogP contribution in [0, 0.1) is 5.92 Å². The molecule has 0 radical (unpaired) electrons.